The first-order valence-electron chi connectivity index (χ1n) is 11.3. The summed E-state index contributed by atoms with van der Waals surface area (Å²) in [6, 6.07) is 7.16. The smallest absolute Gasteiger partial charge is 0.350 e. The Kier molecular flexibility index (Phi) is 9.04. The molecule has 0 spiro atoms. The Morgan fingerprint density at radius 2 is 1.90 bits per heavy atom. The van der Waals surface area contributed by atoms with Crippen molar-refractivity contribution < 1.29 is 27.9 Å². The molecule has 7 N–H and O–H groups in total. The van der Waals surface area contributed by atoms with E-state index in [-0.39, 0.29) is 44.5 Å². The molecule has 1 aromatic carbocycles. The van der Waals surface area contributed by atoms with Crippen LogP contribution in [0.1, 0.15) is 46.0 Å². The van der Waals surface area contributed by atoms with Crippen LogP contribution in [-0.4, -0.2) is 49.8 Å². The van der Waals surface area contributed by atoms with Crippen molar-refractivity contribution in [3.63, 3.8) is 0 Å². The molecule has 0 unspecified atom stereocenters. The Balaban J connectivity index is 2.04. The molecular weight excluding hydrogens is 562 g/mol. The lowest BCUT2D eigenvalue weighted by molar-refractivity contribution is -0.658. The van der Waals surface area contributed by atoms with Crippen LogP contribution >= 0.6 is 23.2 Å². The van der Waals surface area contributed by atoms with Crippen molar-refractivity contribution in [1.29, 1.82) is 0 Å². The van der Waals surface area contributed by atoms with Crippen molar-refractivity contribution in [1.82, 2.24) is 25.2 Å². The third-order valence-electron chi connectivity index (χ3n) is 5.04. The molecule has 0 aliphatic rings. The third-order valence-corrected chi connectivity index (χ3v) is 5.55. The molecule has 2 amide bonds. The van der Waals surface area contributed by atoms with Crippen LogP contribution in [0.4, 0.5) is 18.9 Å². The molecule has 2 heterocycles. The van der Waals surface area contributed by atoms with Crippen LogP contribution in [0, 0.1) is 6.92 Å². The van der Waals surface area contributed by atoms with Crippen molar-refractivity contribution in [3.8, 4) is 5.82 Å². The maximum absolute atomic E-state index is 13.5. The van der Waals surface area contributed by atoms with E-state index in [0.717, 1.165) is 4.68 Å². The van der Waals surface area contributed by atoms with E-state index in [1.165, 1.54) is 24.4 Å². The second kappa shape index (κ2) is 11.9. The monoisotopic (exact) mass is 586 g/mol. The summed E-state index contributed by atoms with van der Waals surface area (Å²) in [6.45, 7) is 4.81. The molecule has 16 heteroatoms. The molecule has 0 bridgehead atoms. The number of hydrazone groups is 1. The summed E-state index contributed by atoms with van der Waals surface area (Å²) in [5.74, 6) is 2.97. The summed E-state index contributed by atoms with van der Waals surface area (Å²) in [6.07, 6.45) is -3.42. The molecule has 3 aromatic rings. The molecule has 0 radical (unpaired) electrons. The van der Waals surface area contributed by atoms with Crippen LogP contribution in [0.5, 0.6) is 0 Å². The molecule has 2 aromatic heterocycles. The van der Waals surface area contributed by atoms with Crippen molar-refractivity contribution in [3.05, 3.63) is 69.1 Å². The van der Waals surface area contributed by atoms with Gasteiger partial charge in [0.15, 0.2) is 5.82 Å². The highest BCUT2D eigenvalue weighted by molar-refractivity contribution is 6.32. The number of nitrogens with one attached hydrogen (secondary N) is 3. The molecule has 0 saturated heterocycles. The van der Waals surface area contributed by atoms with E-state index >= 15 is 0 Å². The quantitative estimate of drug-likeness (QED) is 0.117. The molecule has 0 fully saturated rings. The van der Waals surface area contributed by atoms with Crippen molar-refractivity contribution >= 4 is 46.5 Å². The lowest BCUT2D eigenvalue weighted by Gasteiger charge is -2.16. The van der Waals surface area contributed by atoms with Gasteiger partial charge in [0, 0.05) is 17.3 Å². The van der Waals surface area contributed by atoms with Gasteiger partial charge in [0.2, 0.25) is 0 Å². The number of nitrogens with two attached hydrogens (primary N) is 2. The van der Waals surface area contributed by atoms with Gasteiger partial charge in [-0.25, -0.2) is 15.5 Å². The third kappa shape index (κ3) is 7.37. The van der Waals surface area contributed by atoms with E-state index in [1.807, 2.05) is 0 Å². The molecular formula is C23H25Cl2F3N9O2+. The Bertz CT molecular complexity index is 1420. The number of nitrogens with zero attached hydrogens (tertiary/aromatic N) is 4. The predicted molar refractivity (Wildman–Crippen MR) is 139 cm³/mol. The first-order chi connectivity index (χ1) is 18.2. The van der Waals surface area contributed by atoms with E-state index in [1.54, 1.807) is 38.0 Å². The maximum atomic E-state index is 13.5. The normalized spacial score (nSPS) is 12.0. The summed E-state index contributed by atoms with van der Waals surface area (Å²) in [5, 5.41) is 12.5. The fourth-order valence-electron chi connectivity index (χ4n) is 3.40. The van der Waals surface area contributed by atoms with Gasteiger partial charge in [-0.1, -0.05) is 23.2 Å². The highest BCUT2D eigenvalue weighted by Crippen LogP contribution is 2.27. The number of anilines is 1. The summed E-state index contributed by atoms with van der Waals surface area (Å²) < 4.78 is 39.4. The minimum Gasteiger partial charge on any atom is -0.350 e. The Morgan fingerprint density at radius 3 is 2.51 bits per heavy atom. The molecule has 0 aliphatic carbocycles. The van der Waals surface area contributed by atoms with Crippen molar-refractivity contribution in [2.45, 2.75) is 39.5 Å². The summed E-state index contributed by atoms with van der Waals surface area (Å²) in [4.78, 5) is 30.5. The number of hydrogen-bond donors (Lipinski definition) is 5. The van der Waals surface area contributed by atoms with Gasteiger partial charge in [0.1, 0.15) is 12.2 Å². The van der Waals surface area contributed by atoms with E-state index < -0.39 is 30.4 Å². The summed E-state index contributed by atoms with van der Waals surface area (Å²) in [7, 11) is 0. The van der Waals surface area contributed by atoms with E-state index in [0.29, 0.717) is 10.7 Å². The molecule has 208 valence electrons. The number of amides is 2. The highest BCUT2D eigenvalue weighted by atomic mass is 35.5. The lowest BCUT2D eigenvalue weighted by atomic mass is 10.1. The fourth-order valence-corrected chi connectivity index (χ4v) is 3.88. The largest absolute Gasteiger partial charge is 0.496 e. The number of rotatable bonds is 8. The van der Waals surface area contributed by atoms with Crippen molar-refractivity contribution in [2.75, 3.05) is 5.32 Å². The van der Waals surface area contributed by atoms with Gasteiger partial charge >= 0.3 is 12.0 Å². The average molecular weight is 587 g/mol. The van der Waals surface area contributed by atoms with E-state index in [2.05, 4.69) is 20.7 Å². The predicted octanol–water partition coefficient (Wildman–Crippen LogP) is 1.86. The summed E-state index contributed by atoms with van der Waals surface area (Å²) in [5.41, 5.74) is 5.77. The number of aromatic nitrogens is 3. The lowest BCUT2D eigenvalue weighted by Crippen LogP contribution is -2.89. The number of hydrogen-bond acceptors (Lipinski definition) is 6. The van der Waals surface area contributed by atoms with Gasteiger partial charge in [0.05, 0.1) is 22.0 Å². The number of amidine groups is 1. The van der Waals surface area contributed by atoms with Gasteiger partial charge in [-0.15, -0.1) is 0 Å². The van der Waals surface area contributed by atoms with Gasteiger partial charge in [-0.3, -0.25) is 15.3 Å². The van der Waals surface area contributed by atoms with Crippen molar-refractivity contribution in [2.24, 2.45) is 11.6 Å². The van der Waals surface area contributed by atoms with Crippen LogP contribution in [-0.2, 0) is 6.54 Å². The van der Waals surface area contributed by atoms with Crippen LogP contribution in [0.2, 0.25) is 10.0 Å². The van der Waals surface area contributed by atoms with Gasteiger partial charge in [-0.2, -0.15) is 28.5 Å². The number of halogens is 5. The standard InChI is InChI=1S/C23H24Cl2F3N9O2/c1-11(2)32-20(38)15-8-13(24)7-12(3)18(15)33-21(39)17-9-14(10-36(30)35-22(29)23(26,27)28)34-37(17)19-16(25)5-4-6-31-19/h4-9,11H,10,30H2,1-3H3,(H2,29,35)(H,32,38)(H,33,39)/p+1. The summed E-state index contributed by atoms with van der Waals surface area (Å²) >= 11 is 12.4. The number of aryl methyl sites for hydroxylation is 1. The second-order valence-corrected chi connectivity index (χ2v) is 9.46. The number of benzene rings is 1. The maximum Gasteiger partial charge on any atom is 0.496 e. The minimum atomic E-state index is -4.83. The van der Waals surface area contributed by atoms with Gasteiger partial charge < -0.3 is 10.6 Å². The van der Waals surface area contributed by atoms with Gasteiger partial charge in [0.25, 0.3) is 11.8 Å². The van der Waals surface area contributed by atoms with Crippen LogP contribution < -0.4 is 27.3 Å². The SMILES string of the molecule is Cc1cc(Cl)cc(C(=O)NC(C)C)c1NC(=O)c1cc(CN(N)/[NH+]=C(\N)C(F)(F)F)nn1-c1ncccc1Cl. The zero-order chi connectivity index (χ0) is 29.1. The Morgan fingerprint density at radius 1 is 1.21 bits per heavy atom. The highest BCUT2D eigenvalue weighted by Gasteiger charge is 2.40. The fraction of sp³-hybridized carbons (Fsp3) is 0.261. The van der Waals surface area contributed by atoms with Gasteiger partial charge in [-0.05, 0) is 56.7 Å². The topological polar surface area (TPSA) is 158 Å². The number of hydrazine groups is 2. The number of alkyl halides is 3. The molecule has 39 heavy (non-hydrogen) atoms. The molecule has 0 aliphatic heterocycles. The van der Waals surface area contributed by atoms with Crippen LogP contribution in [0.25, 0.3) is 5.82 Å². The zero-order valence-electron chi connectivity index (χ0n) is 20.9. The van der Waals surface area contributed by atoms with E-state index in [9.17, 15) is 22.8 Å². The minimum absolute atomic E-state index is 0.0671. The van der Waals surface area contributed by atoms with Crippen LogP contribution in [0.15, 0.2) is 36.5 Å². The average Bonchev–Trinajstić information content (AvgIpc) is 3.23. The number of pyridine rings is 1. The molecule has 11 nitrogen and oxygen atoms in total. The number of carbonyl (C=O) groups excluding carboxylic acids is 2. The molecule has 3 rings (SSSR count). The second-order valence-electron chi connectivity index (χ2n) is 8.62. The first kappa shape index (κ1) is 29.7. The Labute approximate surface area is 230 Å². The molecule has 0 atom stereocenters. The number of carbonyl (C=O) groups is 2. The first-order valence-corrected chi connectivity index (χ1v) is 12.0. The van der Waals surface area contributed by atoms with E-state index in [4.69, 9.17) is 34.8 Å². The zero-order valence-corrected chi connectivity index (χ0v) is 22.4. The van der Waals surface area contributed by atoms with Crippen LogP contribution in [0.3, 0.4) is 0 Å². The Hall–Kier alpha value is -3.88. The molecule has 0 saturated carbocycles.